The number of benzene rings is 1. The van der Waals surface area contributed by atoms with Gasteiger partial charge >= 0.3 is 0 Å². The van der Waals surface area contributed by atoms with Gasteiger partial charge in [-0.2, -0.15) is 0 Å². The molecule has 172 valence electrons. The fraction of sp³-hybridized carbons (Fsp3) is 0.417. The van der Waals surface area contributed by atoms with Gasteiger partial charge in [0.25, 0.3) is 0 Å². The van der Waals surface area contributed by atoms with Crippen molar-refractivity contribution in [3.63, 3.8) is 0 Å². The molecular weight excluding hydrogens is 452 g/mol. The number of anilines is 3. The first kappa shape index (κ1) is 22.3. The molecule has 33 heavy (non-hydrogen) atoms. The van der Waals surface area contributed by atoms with Crippen LogP contribution in [-0.4, -0.2) is 58.9 Å². The number of ketones is 1. The first-order chi connectivity index (χ1) is 15.9. The lowest BCUT2D eigenvalue weighted by Crippen LogP contribution is -2.57. The van der Waals surface area contributed by atoms with Crippen LogP contribution >= 0.6 is 23.1 Å². The molecule has 0 radical (unpaired) electrons. The van der Waals surface area contributed by atoms with E-state index in [2.05, 4.69) is 46.3 Å². The summed E-state index contributed by atoms with van der Waals surface area (Å²) in [5, 5.41) is 4.86. The molecule has 1 saturated carbocycles. The number of carbonyl (C=O) groups is 1. The highest BCUT2D eigenvalue weighted by molar-refractivity contribution is 7.99. The molecular formula is C24H28N6OS2. The quantitative estimate of drug-likeness (QED) is 0.452. The van der Waals surface area contributed by atoms with Crippen LogP contribution in [0.4, 0.5) is 16.8 Å². The van der Waals surface area contributed by atoms with Crippen molar-refractivity contribution in [3.05, 3.63) is 47.0 Å². The Morgan fingerprint density at radius 2 is 1.97 bits per heavy atom. The Kier molecular flexibility index (Phi) is 6.36. The maximum absolute atomic E-state index is 12.1. The molecule has 1 saturated heterocycles. The number of aromatic nitrogens is 3. The Morgan fingerprint density at radius 3 is 2.61 bits per heavy atom. The molecule has 2 aromatic heterocycles. The second-order valence-corrected chi connectivity index (χ2v) is 11.3. The molecule has 2 aliphatic rings. The maximum Gasteiger partial charge on any atom is 0.196 e. The molecule has 1 N–H and O–H groups in total. The highest BCUT2D eigenvalue weighted by Crippen LogP contribution is 2.33. The fourth-order valence-corrected chi connectivity index (χ4v) is 5.14. The van der Waals surface area contributed by atoms with Crippen molar-refractivity contribution in [2.24, 2.45) is 5.92 Å². The fourth-order valence-electron chi connectivity index (χ4n) is 3.71. The smallest absolute Gasteiger partial charge is 0.196 e. The summed E-state index contributed by atoms with van der Waals surface area (Å²) >= 11 is 3.14. The predicted octanol–water partition coefficient (Wildman–Crippen LogP) is 4.41. The molecule has 1 aliphatic carbocycles. The van der Waals surface area contributed by atoms with Gasteiger partial charge in [-0.1, -0.05) is 12.1 Å². The molecule has 0 unspecified atom stereocenters. The van der Waals surface area contributed by atoms with Crippen LogP contribution in [0.1, 0.15) is 23.3 Å². The number of thiazole rings is 1. The van der Waals surface area contributed by atoms with Gasteiger partial charge in [-0.3, -0.25) is 4.79 Å². The average Bonchev–Trinajstić information content (AvgIpc) is 3.51. The highest BCUT2D eigenvalue weighted by atomic mass is 32.2. The van der Waals surface area contributed by atoms with Gasteiger partial charge in [0.15, 0.2) is 10.3 Å². The van der Waals surface area contributed by atoms with Crippen LogP contribution in [0.2, 0.25) is 0 Å². The minimum atomic E-state index is 0.302. The molecule has 0 bridgehead atoms. The monoisotopic (exact) mass is 480 g/mol. The second-order valence-electron chi connectivity index (χ2n) is 8.98. The second kappa shape index (κ2) is 9.40. The normalized spacial score (nSPS) is 16.2. The largest absolute Gasteiger partial charge is 0.353 e. The molecule has 0 spiro atoms. The highest BCUT2D eigenvalue weighted by Gasteiger charge is 2.30. The van der Waals surface area contributed by atoms with Crippen LogP contribution in [0, 0.1) is 12.8 Å². The molecule has 5 rings (SSSR count). The van der Waals surface area contributed by atoms with Gasteiger partial charge in [0.2, 0.25) is 0 Å². The van der Waals surface area contributed by atoms with Crippen molar-refractivity contribution in [2.75, 3.05) is 37.4 Å². The van der Waals surface area contributed by atoms with Crippen molar-refractivity contribution in [2.45, 2.75) is 42.3 Å². The minimum absolute atomic E-state index is 0.302. The van der Waals surface area contributed by atoms with Crippen LogP contribution in [0.25, 0.3) is 0 Å². The third kappa shape index (κ3) is 5.54. The van der Waals surface area contributed by atoms with E-state index in [0.717, 1.165) is 58.0 Å². The van der Waals surface area contributed by atoms with Gasteiger partial charge in [-0.15, -0.1) is 11.3 Å². The first-order valence-corrected chi connectivity index (χ1v) is 12.9. The van der Waals surface area contributed by atoms with E-state index in [1.54, 1.807) is 11.3 Å². The lowest BCUT2D eigenvalue weighted by atomic mass is 10.1. The van der Waals surface area contributed by atoms with E-state index in [1.807, 2.05) is 31.3 Å². The first-order valence-electron chi connectivity index (χ1n) is 11.2. The van der Waals surface area contributed by atoms with Crippen LogP contribution in [-0.2, 0) is 11.2 Å². The number of carbonyl (C=O) groups excluding carboxylic acids is 1. The summed E-state index contributed by atoms with van der Waals surface area (Å²) in [6.45, 7) is 3.94. The topological polar surface area (TPSA) is 74.2 Å². The Hall–Kier alpha value is -2.49. The molecule has 9 heteroatoms. The summed E-state index contributed by atoms with van der Waals surface area (Å²) in [6.07, 6.45) is 4.51. The molecule has 1 aliphatic heterocycles. The number of nitrogens with one attached hydrogen (secondary N) is 1. The summed E-state index contributed by atoms with van der Waals surface area (Å²) in [5.74, 6) is 2.34. The zero-order chi connectivity index (χ0) is 22.9. The van der Waals surface area contributed by atoms with E-state index >= 15 is 0 Å². The van der Waals surface area contributed by atoms with E-state index in [0.29, 0.717) is 29.3 Å². The van der Waals surface area contributed by atoms with Crippen molar-refractivity contribution in [1.29, 1.82) is 0 Å². The number of Topliss-reactive ketones (excluding diaryl/α,β-unsaturated/α-hetero) is 1. The van der Waals surface area contributed by atoms with Gasteiger partial charge in [0.05, 0.1) is 0 Å². The predicted molar refractivity (Wildman–Crippen MR) is 134 cm³/mol. The van der Waals surface area contributed by atoms with E-state index in [-0.39, 0.29) is 0 Å². The number of hydrogen-bond donors (Lipinski definition) is 1. The zero-order valence-corrected chi connectivity index (χ0v) is 20.7. The lowest BCUT2D eigenvalue weighted by Gasteiger charge is -2.43. The third-order valence-corrected chi connectivity index (χ3v) is 7.71. The van der Waals surface area contributed by atoms with Crippen LogP contribution in [0.5, 0.6) is 0 Å². The Bertz CT molecular complexity index is 1140. The number of hydrogen-bond acceptors (Lipinski definition) is 9. The van der Waals surface area contributed by atoms with E-state index in [9.17, 15) is 4.79 Å². The van der Waals surface area contributed by atoms with Crippen molar-refractivity contribution in [3.8, 4) is 0 Å². The molecule has 3 aromatic rings. The van der Waals surface area contributed by atoms with Gasteiger partial charge < -0.3 is 15.1 Å². The average molecular weight is 481 g/mol. The summed E-state index contributed by atoms with van der Waals surface area (Å²) in [6, 6.07) is 10.7. The number of likely N-dealkylation sites (N-methyl/N-ethyl adjacent to an activating group) is 1. The van der Waals surface area contributed by atoms with E-state index in [4.69, 9.17) is 9.97 Å². The van der Waals surface area contributed by atoms with E-state index < -0.39 is 0 Å². The van der Waals surface area contributed by atoms with Crippen LogP contribution < -0.4 is 10.2 Å². The number of rotatable bonds is 9. The maximum atomic E-state index is 12.1. The van der Waals surface area contributed by atoms with Crippen LogP contribution in [0.3, 0.4) is 0 Å². The number of aryl methyl sites for hydroxylation is 1. The Balaban J connectivity index is 1.33. The summed E-state index contributed by atoms with van der Waals surface area (Å²) in [7, 11) is 4.23. The number of nitrogens with zero attached hydrogens (tertiary/aromatic N) is 5. The molecule has 0 amide bonds. The van der Waals surface area contributed by atoms with Gasteiger partial charge in [-0.05, 0) is 63.3 Å². The Morgan fingerprint density at radius 1 is 1.21 bits per heavy atom. The molecule has 1 aromatic carbocycles. The standard InChI is InChI=1S/C24H28N6OS2/c1-15-12-25-23(32-15)26-21-11-22(30-13-18(14-30)29(2)3)28-24(27-21)33-19-8-4-16(5-9-19)10-20(31)17-6-7-17/h4-5,8-9,11-12,17-18H,6-7,10,13-14H2,1-3H3,(H,25,26,27,28). The van der Waals surface area contributed by atoms with Gasteiger partial charge in [-0.25, -0.2) is 15.0 Å². The summed E-state index contributed by atoms with van der Waals surface area (Å²) < 4.78 is 0. The minimum Gasteiger partial charge on any atom is -0.353 e. The lowest BCUT2D eigenvalue weighted by molar-refractivity contribution is -0.119. The molecule has 0 atom stereocenters. The van der Waals surface area contributed by atoms with Crippen molar-refractivity contribution >= 4 is 45.6 Å². The zero-order valence-electron chi connectivity index (χ0n) is 19.1. The van der Waals surface area contributed by atoms with Crippen LogP contribution in [0.15, 0.2) is 46.6 Å². The molecule has 3 heterocycles. The van der Waals surface area contributed by atoms with E-state index in [1.165, 1.54) is 11.8 Å². The van der Waals surface area contributed by atoms with Gasteiger partial charge in [0, 0.05) is 53.5 Å². The summed E-state index contributed by atoms with van der Waals surface area (Å²) in [5.41, 5.74) is 1.07. The molecule has 2 fully saturated rings. The third-order valence-electron chi connectivity index (χ3n) is 6.01. The Labute approximate surface area is 202 Å². The molecule has 7 nitrogen and oxygen atoms in total. The van der Waals surface area contributed by atoms with Gasteiger partial charge in [0.1, 0.15) is 17.4 Å². The summed E-state index contributed by atoms with van der Waals surface area (Å²) in [4.78, 5) is 32.8. The van der Waals surface area contributed by atoms with Crippen molar-refractivity contribution in [1.82, 2.24) is 19.9 Å². The SMILES string of the molecule is Cc1cnc(Nc2cc(N3CC(N(C)C)C3)nc(Sc3ccc(CC(=O)C4CC4)cc3)n2)s1. The van der Waals surface area contributed by atoms with Crippen molar-refractivity contribution < 1.29 is 4.79 Å².